The summed E-state index contributed by atoms with van der Waals surface area (Å²) in [6, 6.07) is -0.640. The molecule has 0 saturated heterocycles. The van der Waals surface area contributed by atoms with Crippen molar-refractivity contribution >= 4 is 11.9 Å². The van der Waals surface area contributed by atoms with Gasteiger partial charge < -0.3 is 14.8 Å². The Morgan fingerprint density at radius 2 is 2.00 bits per heavy atom. The van der Waals surface area contributed by atoms with E-state index in [1.165, 1.54) is 13.5 Å². The summed E-state index contributed by atoms with van der Waals surface area (Å²) >= 11 is 0. The minimum Gasteiger partial charge on any atom is -0.467 e. The Labute approximate surface area is 127 Å². The van der Waals surface area contributed by atoms with Gasteiger partial charge in [0.1, 0.15) is 12.6 Å². The fraction of sp³-hybridized carbons (Fsp3) is 0.875. The molecule has 2 unspecified atom stereocenters. The van der Waals surface area contributed by atoms with E-state index >= 15 is 0 Å². The van der Waals surface area contributed by atoms with Gasteiger partial charge in [-0.2, -0.15) is 0 Å². The minimum atomic E-state index is -0.640. The average Bonchev–Trinajstić information content (AvgIpc) is 2.44. The van der Waals surface area contributed by atoms with Crippen molar-refractivity contribution in [3.8, 4) is 0 Å². The zero-order chi connectivity index (χ0) is 16.0. The van der Waals surface area contributed by atoms with Gasteiger partial charge in [0, 0.05) is 0 Å². The molecular weight excluding hydrogens is 270 g/mol. The third-order valence-corrected chi connectivity index (χ3v) is 4.74. The quantitative estimate of drug-likeness (QED) is 0.764. The molecule has 0 aromatic rings. The Morgan fingerprint density at radius 1 is 1.33 bits per heavy atom. The Balaban J connectivity index is 2.38. The largest absolute Gasteiger partial charge is 0.467 e. The maximum atomic E-state index is 11.8. The predicted octanol–water partition coefficient (Wildman–Crippen LogP) is 2.29. The van der Waals surface area contributed by atoms with Crippen LogP contribution in [0.4, 0.5) is 0 Å². The van der Waals surface area contributed by atoms with Crippen molar-refractivity contribution in [2.45, 2.75) is 65.5 Å². The molecule has 1 aliphatic carbocycles. The van der Waals surface area contributed by atoms with Crippen LogP contribution in [0.25, 0.3) is 0 Å². The van der Waals surface area contributed by atoms with Crippen molar-refractivity contribution in [1.82, 2.24) is 5.32 Å². The van der Waals surface area contributed by atoms with Crippen LogP contribution in [-0.4, -0.2) is 37.7 Å². The number of amides is 1. The number of carbonyl (C=O) groups excluding carboxylic acids is 2. The molecule has 1 fully saturated rings. The molecule has 0 heterocycles. The van der Waals surface area contributed by atoms with Gasteiger partial charge in [0.25, 0.3) is 0 Å². The van der Waals surface area contributed by atoms with Crippen molar-refractivity contribution in [3.05, 3.63) is 0 Å². The van der Waals surface area contributed by atoms with Crippen LogP contribution in [0.3, 0.4) is 0 Å². The highest BCUT2D eigenvalue weighted by Gasteiger charge is 2.35. The molecule has 0 radical (unpaired) electrons. The summed E-state index contributed by atoms with van der Waals surface area (Å²) in [7, 11) is 1.30. The molecule has 21 heavy (non-hydrogen) atoms. The van der Waals surface area contributed by atoms with Gasteiger partial charge in [-0.15, -0.1) is 0 Å². The number of hydrogen-bond acceptors (Lipinski definition) is 4. The first-order chi connectivity index (χ1) is 9.78. The van der Waals surface area contributed by atoms with Gasteiger partial charge in [0.2, 0.25) is 5.91 Å². The molecule has 5 nitrogen and oxygen atoms in total. The SMILES string of the molecule is COC(=O)[C@H](C)NC(=O)COC1CCCC(C)(C(C)C)C1. The number of ether oxygens (including phenoxy) is 2. The second kappa shape index (κ2) is 7.78. The van der Waals surface area contributed by atoms with Crippen LogP contribution >= 0.6 is 0 Å². The van der Waals surface area contributed by atoms with Gasteiger partial charge in [0.05, 0.1) is 13.2 Å². The monoisotopic (exact) mass is 299 g/mol. The summed E-state index contributed by atoms with van der Waals surface area (Å²) < 4.78 is 10.3. The van der Waals surface area contributed by atoms with Gasteiger partial charge in [-0.05, 0) is 37.5 Å². The van der Waals surface area contributed by atoms with Crippen LogP contribution in [0.5, 0.6) is 0 Å². The highest BCUT2D eigenvalue weighted by Crippen LogP contribution is 2.42. The maximum absolute atomic E-state index is 11.8. The van der Waals surface area contributed by atoms with E-state index in [2.05, 4.69) is 30.8 Å². The standard InChI is InChI=1S/C16H29NO4/c1-11(2)16(4)8-6-7-13(9-16)21-10-14(18)17-12(3)15(19)20-5/h11-13H,6-10H2,1-5H3,(H,17,18)/t12-,13?,16?/m0/s1. The third kappa shape index (κ3) is 5.30. The van der Waals surface area contributed by atoms with Gasteiger partial charge in [-0.1, -0.05) is 27.2 Å². The Hall–Kier alpha value is -1.10. The highest BCUT2D eigenvalue weighted by molar-refractivity contribution is 5.84. The summed E-state index contributed by atoms with van der Waals surface area (Å²) in [6.45, 7) is 8.38. The number of methoxy groups -OCH3 is 1. The van der Waals surface area contributed by atoms with E-state index in [-0.39, 0.29) is 18.6 Å². The first kappa shape index (κ1) is 18.0. The summed E-state index contributed by atoms with van der Waals surface area (Å²) in [5.74, 6) is -0.116. The molecule has 1 saturated carbocycles. The number of rotatable bonds is 6. The first-order valence-corrected chi connectivity index (χ1v) is 7.77. The second-order valence-electron chi connectivity index (χ2n) is 6.65. The van der Waals surface area contributed by atoms with Crippen molar-refractivity contribution < 1.29 is 19.1 Å². The minimum absolute atomic E-state index is 0.000175. The smallest absolute Gasteiger partial charge is 0.328 e. The third-order valence-electron chi connectivity index (χ3n) is 4.74. The Bertz CT molecular complexity index is 369. The normalized spacial score (nSPS) is 27.2. The van der Waals surface area contributed by atoms with E-state index in [1.807, 2.05) is 0 Å². The Kier molecular flexibility index (Phi) is 6.65. The lowest BCUT2D eigenvalue weighted by molar-refractivity contribution is -0.145. The first-order valence-electron chi connectivity index (χ1n) is 7.77. The van der Waals surface area contributed by atoms with Crippen LogP contribution in [-0.2, 0) is 19.1 Å². The van der Waals surface area contributed by atoms with Crippen molar-refractivity contribution in [2.75, 3.05) is 13.7 Å². The summed E-state index contributed by atoms with van der Waals surface area (Å²) in [6.07, 6.45) is 4.48. The molecule has 0 aromatic heterocycles. The van der Waals surface area contributed by atoms with E-state index in [4.69, 9.17) is 4.74 Å². The molecule has 0 bridgehead atoms. The zero-order valence-electron chi connectivity index (χ0n) is 13.9. The molecule has 1 N–H and O–H groups in total. The predicted molar refractivity (Wildman–Crippen MR) is 80.8 cm³/mol. The number of esters is 1. The van der Waals surface area contributed by atoms with Crippen molar-refractivity contribution in [2.24, 2.45) is 11.3 Å². The molecule has 122 valence electrons. The summed E-state index contributed by atoms with van der Waals surface area (Å²) in [4.78, 5) is 23.0. The van der Waals surface area contributed by atoms with Crippen LogP contribution < -0.4 is 5.32 Å². The zero-order valence-corrected chi connectivity index (χ0v) is 13.9. The number of carbonyl (C=O) groups is 2. The van der Waals surface area contributed by atoms with E-state index in [0.717, 1.165) is 19.3 Å². The molecule has 3 atom stereocenters. The summed E-state index contributed by atoms with van der Waals surface area (Å²) in [5.41, 5.74) is 0.290. The van der Waals surface area contributed by atoms with E-state index in [0.29, 0.717) is 11.3 Å². The molecule has 1 amide bonds. The van der Waals surface area contributed by atoms with E-state index in [9.17, 15) is 9.59 Å². The number of hydrogen-bond donors (Lipinski definition) is 1. The van der Waals surface area contributed by atoms with Crippen LogP contribution in [0.2, 0.25) is 0 Å². The van der Waals surface area contributed by atoms with Crippen LogP contribution in [0.15, 0.2) is 0 Å². The van der Waals surface area contributed by atoms with E-state index in [1.54, 1.807) is 6.92 Å². The topological polar surface area (TPSA) is 64.6 Å². The fourth-order valence-corrected chi connectivity index (χ4v) is 2.84. The van der Waals surface area contributed by atoms with Gasteiger partial charge in [0.15, 0.2) is 0 Å². The highest BCUT2D eigenvalue weighted by atomic mass is 16.5. The van der Waals surface area contributed by atoms with Crippen LogP contribution in [0.1, 0.15) is 53.4 Å². The molecule has 0 aromatic carbocycles. The van der Waals surface area contributed by atoms with Crippen molar-refractivity contribution in [3.63, 3.8) is 0 Å². The lowest BCUT2D eigenvalue weighted by Crippen LogP contribution is -2.42. The average molecular weight is 299 g/mol. The molecular formula is C16H29NO4. The Morgan fingerprint density at radius 3 is 2.57 bits per heavy atom. The lowest BCUT2D eigenvalue weighted by Gasteiger charge is -2.41. The fourth-order valence-electron chi connectivity index (χ4n) is 2.84. The second-order valence-corrected chi connectivity index (χ2v) is 6.65. The van der Waals surface area contributed by atoms with Gasteiger partial charge in [-0.3, -0.25) is 4.79 Å². The van der Waals surface area contributed by atoms with Gasteiger partial charge in [-0.25, -0.2) is 4.79 Å². The van der Waals surface area contributed by atoms with Gasteiger partial charge >= 0.3 is 5.97 Å². The summed E-state index contributed by atoms with van der Waals surface area (Å²) in [5, 5.41) is 2.58. The molecule has 0 spiro atoms. The number of nitrogens with one attached hydrogen (secondary N) is 1. The molecule has 0 aliphatic heterocycles. The lowest BCUT2D eigenvalue weighted by atomic mass is 9.67. The van der Waals surface area contributed by atoms with Crippen LogP contribution in [0, 0.1) is 11.3 Å². The maximum Gasteiger partial charge on any atom is 0.328 e. The molecule has 1 rings (SSSR count). The van der Waals surface area contributed by atoms with Crippen molar-refractivity contribution in [1.29, 1.82) is 0 Å². The van der Waals surface area contributed by atoms with E-state index < -0.39 is 12.0 Å². The molecule has 5 heteroatoms. The molecule has 1 aliphatic rings.